The van der Waals surface area contributed by atoms with E-state index in [1.165, 1.54) is 0 Å². The molecule has 1 unspecified atom stereocenters. The Morgan fingerprint density at radius 1 is 1.33 bits per heavy atom. The first-order chi connectivity index (χ1) is 10.0. The lowest BCUT2D eigenvalue weighted by molar-refractivity contribution is 0.538. The second kappa shape index (κ2) is 5.68. The smallest absolute Gasteiger partial charge is 0.242 e. The van der Waals surface area contributed by atoms with Gasteiger partial charge in [-0.05, 0) is 38.8 Å². The zero-order chi connectivity index (χ0) is 15.0. The maximum atomic E-state index is 12.8. The molecule has 0 radical (unpaired) electrons. The van der Waals surface area contributed by atoms with E-state index < -0.39 is 10.0 Å². The number of hydrogen-bond acceptors (Lipinski definition) is 4. The summed E-state index contributed by atoms with van der Waals surface area (Å²) in [5.74, 6) is 0.498. The summed E-state index contributed by atoms with van der Waals surface area (Å²) in [6.07, 6.45) is 2.24. The molecule has 1 fully saturated rings. The quantitative estimate of drug-likeness (QED) is 0.859. The van der Waals surface area contributed by atoms with Crippen molar-refractivity contribution in [1.82, 2.24) is 10.0 Å². The Bertz CT molecular complexity index is 748. The summed E-state index contributed by atoms with van der Waals surface area (Å²) in [6.45, 7) is 2.52. The van der Waals surface area contributed by atoms with E-state index in [-0.39, 0.29) is 6.04 Å². The first-order valence-electron chi connectivity index (χ1n) is 7.20. The molecule has 6 heteroatoms. The normalized spacial score (nSPS) is 17.2. The van der Waals surface area contributed by atoms with Crippen LogP contribution in [0.15, 0.2) is 29.2 Å². The number of rotatable bonds is 6. The highest BCUT2D eigenvalue weighted by Gasteiger charge is 2.33. The second-order valence-electron chi connectivity index (χ2n) is 5.63. The zero-order valence-corrected chi connectivity index (χ0v) is 13.9. The topological polar surface area (TPSA) is 58.2 Å². The Hall–Kier alpha value is -0.950. The van der Waals surface area contributed by atoms with Crippen LogP contribution in [0.4, 0.5) is 0 Å². The van der Waals surface area contributed by atoms with Crippen LogP contribution in [0.25, 0.3) is 10.1 Å². The lowest BCUT2D eigenvalue weighted by Crippen LogP contribution is -2.34. The summed E-state index contributed by atoms with van der Waals surface area (Å²) >= 11 is 1.54. The molecule has 1 aromatic carbocycles. The molecule has 2 aromatic rings. The van der Waals surface area contributed by atoms with Gasteiger partial charge in [0.2, 0.25) is 10.0 Å². The number of nitrogens with one attached hydrogen (secondary N) is 2. The Labute approximate surface area is 129 Å². The van der Waals surface area contributed by atoms with Crippen LogP contribution >= 0.6 is 11.3 Å². The molecular weight excluding hydrogens is 304 g/mol. The average Bonchev–Trinajstić information content (AvgIpc) is 3.20. The highest BCUT2D eigenvalue weighted by Crippen LogP contribution is 2.37. The molecule has 0 bridgehead atoms. The highest BCUT2D eigenvalue weighted by atomic mass is 32.2. The van der Waals surface area contributed by atoms with Crippen molar-refractivity contribution in [3.8, 4) is 0 Å². The fourth-order valence-corrected chi connectivity index (χ4v) is 5.91. The summed E-state index contributed by atoms with van der Waals surface area (Å²) in [5, 5.41) is 3.89. The van der Waals surface area contributed by atoms with Crippen LogP contribution in [0.1, 0.15) is 24.6 Å². The van der Waals surface area contributed by atoms with Gasteiger partial charge in [0.05, 0.1) is 0 Å². The van der Waals surface area contributed by atoms with E-state index in [1.807, 2.05) is 38.2 Å². The fraction of sp³-hybridized carbons (Fsp3) is 0.467. The molecule has 0 aliphatic heterocycles. The minimum absolute atomic E-state index is 0.0103. The van der Waals surface area contributed by atoms with E-state index in [1.54, 1.807) is 11.3 Å². The molecule has 4 nitrogen and oxygen atoms in total. The second-order valence-corrected chi connectivity index (χ2v) is 8.42. The predicted octanol–water partition coefficient (Wildman–Crippen LogP) is 2.70. The van der Waals surface area contributed by atoms with E-state index in [2.05, 4.69) is 10.0 Å². The van der Waals surface area contributed by atoms with Gasteiger partial charge in [0.1, 0.15) is 4.90 Å². The van der Waals surface area contributed by atoms with E-state index in [0.29, 0.717) is 17.4 Å². The van der Waals surface area contributed by atoms with Crippen molar-refractivity contribution in [3.05, 3.63) is 29.1 Å². The molecule has 1 aliphatic carbocycles. The Kier molecular flexibility index (Phi) is 4.05. The summed E-state index contributed by atoms with van der Waals surface area (Å²) in [6, 6.07) is 7.71. The van der Waals surface area contributed by atoms with Gasteiger partial charge in [-0.1, -0.05) is 18.2 Å². The number of hydrogen-bond donors (Lipinski definition) is 2. The molecule has 0 saturated heterocycles. The van der Waals surface area contributed by atoms with Crippen LogP contribution in [0, 0.1) is 5.92 Å². The summed E-state index contributed by atoms with van der Waals surface area (Å²) in [4.78, 5) is 1.32. The van der Waals surface area contributed by atoms with Crippen molar-refractivity contribution in [1.29, 1.82) is 0 Å². The molecule has 1 aliphatic rings. The molecule has 3 rings (SSSR count). The number of benzene rings is 1. The van der Waals surface area contributed by atoms with E-state index in [0.717, 1.165) is 27.8 Å². The van der Waals surface area contributed by atoms with Gasteiger partial charge < -0.3 is 5.32 Å². The van der Waals surface area contributed by atoms with Crippen LogP contribution < -0.4 is 10.0 Å². The number of sulfonamides is 1. The number of thiophene rings is 1. The maximum Gasteiger partial charge on any atom is 0.242 e. The highest BCUT2D eigenvalue weighted by molar-refractivity contribution is 7.90. The van der Waals surface area contributed by atoms with Crippen LogP contribution in [0.2, 0.25) is 0 Å². The average molecular weight is 324 g/mol. The van der Waals surface area contributed by atoms with Crippen LogP contribution in [-0.4, -0.2) is 21.5 Å². The van der Waals surface area contributed by atoms with Crippen molar-refractivity contribution < 1.29 is 8.42 Å². The van der Waals surface area contributed by atoms with Crippen molar-refractivity contribution in [2.45, 2.75) is 37.2 Å². The van der Waals surface area contributed by atoms with Crippen LogP contribution in [-0.2, 0) is 16.6 Å². The molecule has 1 heterocycles. The number of fused-ring (bicyclic) bond motifs is 1. The Balaban J connectivity index is 2.06. The minimum atomic E-state index is -3.48. The van der Waals surface area contributed by atoms with Crippen LogP contribution in [0.5, 0.6) is 0 Å². The van der Waals surface area contributed by atoms with E-state index >= 15 is 0 Å². The van der Waals surface area contributed by atoms with Gasteiger partial charge >= 0.3 is 0 Å². The third-order valence-corrected chi connectivity index (χ3v) is 6.88. The molecular formula is C15H20N2O2S2. The van der Waals surface area contributed by atoms with Crippen molar-refractivity contribution >= 4 is 31.4 Å². The molecule has 2 N–H and O–H groups in total. The SMILES string of the molecule is CNCc1sc2ccccc2c1S(=O)(=O)NC(C)C1CC1. The summed E-state index contributed by atoms with van der Waals surface area (Å²) in [7, 11) is -1.65. The maximum absolute atomic E-state index is 12.8. The minimum Gasteiger partial charge on any atom is -0.315 e. The van der Waals surface area contributed by atoms with Gasteiger partial charge in [-0.2, -0.15) is 0 Å². The van der Waals surface area contributed by atoms with Gasteiger partial charge in [-0.15, -0.1) is 11.3 Å². The Morgan fingerprint density at radius 2 is 2.05 bits per heavy atom. The largest absolute Gasteiger partial charge is 0.315 e. The Morgan fingerprint density at radius 3 is 2.71 bits per heavy atom. The van der Waals surface area contributed by atoms with Crippen molar-refractivity contribution in [2.75, 3.05) is 7.05 Å². The van der Waals surface area contributed by atoms with Gasteiger partial charge in [0.15, 0.2) is 0 Å². The third kappa shape index (κ3) is 2.99. The first kappa shape index (κ1) is 15.0. The summed E-state index contributed by atoms with van der Waals surface area (Å²) in [5.41, 5.74) is 0. The van der Waals surface area contributed by atoms with Crippen LogP contribution in [0.3, 0.4) is 0 Å². The molecule has 0 spiro atoms. The summed E-state index contributed by atoms with van der Waals surface area (Å²) < 4.78 is 29.5. The molecule has 21 heavy (non-hydrogen) atoms. The van der Waals surface area contributed by atoms with Gasteiger partial charge in [0.25, 0.3) is 0 Å². The molecule has 114 valence electrons. The lowest BCUT2D eigenvalue weighted by atomic mass is 10.2. The molecule has 1 aromatic heterocycles. The van der Waals surface area contributed by atoms with E-state index in [4.69, 9.17) is 0 Å². The van der Waals surface area contributed by atoms with Crippen molar-refractivity contribution in [2.24, 2.45) is 5.92 Å². The standard InChI is InChI=1S/C15H20N2O2S2/c1-10(11-7-8-11)17-21(18,19)15-12-5-3-4-6-13(12)20-14(15)9-16-2/h3-6,10-11,16-17H,7-9H2,1-2H3. The van der Waals surface area contributed by atoms with Gasteiger partial charge in [0, 0.05) is 27.5 Å². The van der Waals surface area contributed by atoms with E-state index in [9.17, 15) is 8.42 Å². The van der Waals surface area contributed by atoms with Crippen molar-refractivity contribution in [3.63, 3.8) is 0 Å². The first-order valence-corrected chi connectivity index (χ1v) is 9.50. The van der Waals surface area contributed by atoms with Gasteiger partial charge in [-0.3, -0.25) is 0 Å². The third-order valence-electron chi connectivity index (χ3n) is 3.89. The van der Waals surface area contributed by atoms with Gasteiger partial charge in [-0.25, -0.2) is 13.1 Å². The zero-order valence-electron chi connectivity index (χ0n) is 12.2. The molecule has 0 amide bonds. The fourth-order valence-electron chi connectivity index (χ4n) is 2.64. The predicted molar refractivity (Wildman–Crippen MR) is 87.1 cm³/mol. The lowest BCUT2D eigenvalue weighted by Gasteiger charge is -2.14. The monoisotopic (exact) mass is 324 g/mol. The molecule has 1 atom stereocenters. The molecule has 1 saturated carbocycles.